The highest BCUT2D eigenvalue weighted by molar-refractivity contribution is 5.79. The molecule has 3 atom stereocenters. The van der Waals surface area contributed by atoms with Crippen LogP contribution in [0.2, 0.25) is 0 Å². The Balaban J connectivity index is 1.89. The van der Waals surface area contributed by atoms with Crippen LogP contribution in [-0.2, 0) is 4.79 Å². The maximum absolute atomic E-state index is 12.2. The van der Waals surface area contributed by atoms with Gasteiger partial charge in [0.15, 0.2) is 0 Å². The maximum atomic E-state index is 12.2. The molecule has 0 bridgehead atoms. The van der Waals surface area contributed by atoms with Gasteiger partial charge in [0.25, 0.3) is 0 Å². The van der Waals surface area contributed by atoms with Crippen molar-refractivity contribution >= 4 is 5.91 Å². The van der Waals surface area contributed by atoms with E-state index in [-0.39, 0.29) is 5.92 Å². The number of likely N-dealkylation sites (tertiary alicyclic amines) is 1. The lowest BCUT2D eigenvalue weighted by Gasteiger charge is -2.30. The molecule has 2 heterocycles. The van der Waals surface area contributed by atoms with E-state index in [9.17, 15) is 4.79 Å². The predicted octanol–water partition coefficient (Wildman–Crippen LogP) is 1.24. The van der Waals surface area contributed by atoms with Crippen molar-refractivity contribution in [3.8, 4) is 0 Å². The minimum absolute atomic E-state index is 0.284. The molecule has 2 aliphatic heterocycles. The van der Waals surface area contributed by atoms with Crippen LogP contribution in [0, 0.1) is 11.8 Å². The van der Waals surface area contributed by atoms with Crippen molar-refractivity contribution in [2.45, 2.75) is 39.2 Å². The van der Waals surface area contributed by atoms with Crippen LogP contribution < -0.4 is 5.32 Å². The van der Waals surface area contributed by atoms with E-state index in [0.717, 1.165) is 32.5 Å². The molecule has 2 saturated heterocycles. The van der Waals surface area contributed by atoms with E-state index in [2.05, 4.69) is 24.1 Å². The number of hydrogen-bond acceptors (Lipinski definition) is 2. The van der Waals surface area contributed by atoms with Crippen molar-refractivity contribution < 1.29 is 4.79 Å². The van der Waals surface area contributed by atoms with Gasteiger partial charge in [-0.3, -0.25) is 4.79 Å². The zero-order valence-electron chi connectivity index (χ0n) is 9.83. The summed E-state index contributed by atoms with van der Waals surface area (Å²) in [7, 11) is 0. The first-order valence-corrected chi connectivity index (χ1v) is 6.19. The van der Waals surface area contributed by atoms with Gasteiger partial charge >= 0.3 is 0 Å². The Hall–Kier alpha value is -0.570. The van der Waals surface area contributed by atoms with Crippen LogP contribution in [0.3, 0.4) is 0 Å². The minimum atomic E-state index is 0.284. The summed E-state index contributed by atoms with van der Waals surface area (Å²) in [6.07, 6.45) is 3.23. The van der Waals surface area contributed by atoms with Gasteiger partial charge < -0.3 is 10.2 Å². The molecule has 0 aromatic carbocycles. The summed E-state index contributed by atoms with van der Waals surface area (Å²) in [4.78, 5) is 14.3. The fourth-order valence-electron chi connectivity index (χ4n) is 2.75. The Kier molecular flexibility index (Phi) is 3.29. The number of nitrogens with one attached hydrogen (secondary N) is 1. The van der Waals surface area contributed by atoms with Crippen LogP contribution in [0.15, 0.2) is 0 Å². The third-order valence-corrected chi connectivity index (χ3v) is 3.71. The Labute approximate surface area is 92.2 Å². The van der Waals surface area contributed by atoms with E-state index >= 15 is 0 Å². The minimum Gasteiger partial charge on any atom is -0.342 e. The second kappa shape index (κ2) is 4.52. The van der Waals surface area contributed by atoms with Crippen molar-refractivity contribution in [2.24, 2.45) is 11.8 Å². The molecule has 3 unspecified atom stereocenters. The lowest BCUT2D eigenvalue weighted by atomic mass is 9.92. The lowest BCUT2D eigenvalue weighted by Crippen LogP contribution is -2.43. The van der Waals surface area contributed by atoms with Gasteiger partial charge in [-0.05, 0) is 38.6 Å². The highest BCUT2D eigenvalue weighted by Gasteiger charge is 2.31. The number of carbonyl (C=O) groups is 1. The fourth-order valence-corrected chi connectivity index (χ4v) is 2.75. The van der Waals surface area contributed by atoms with Crippen molar-refractivity contribution in [3.05, 3.63) is 0 Å². The largest absolute Gasteiger partial charge is 0.342 e. The molecule has 0 aromatic heterocycles. The summed E-state index contributed by atoms with van der Waals surface area (Å²) in [5, 5.41) is 3.40. The van der Waals surface area contributed by atoms with E-state index in [4.69, 9.17) is 0 Å². The van der Waals surface area contributed by atoms with Crippen LogP contribution in [0.1, 0.15) is 33.1 Å². The molecule has 0 aliphatic carbocycles. The molecule has 86 valence electrons. The molecular formula is C12H22N2O. The first-order chi connectivity index (χ1) is 7.16. The molecule has 2 rings (SSSR count). The van der Waals surface area contributed by atoms with Gasteiger partial charge in [0.05, 0.1) is 0 Å². The van der Waals surface area contributed by atoms with Crippen LogP contribution >= 0.6 is 0 Å². The van der Waals surface area contributed by atoms with Gasteiger partial charge in [0.1, 0.15) is 0 Å². The molecule has 3 nitrogen and oxygen atoms in total. The van der Waals surface area contributed by atoms with E-state index in [0.29, 0.717) is 17.9 Å². The second-order valence-corrected chi connectivity index (χ2v) is 5.25. The average Bonchev–Trinajstić information content (AvgIpc) is 2.64. The quantitative estimate of drug-likeness (QED) is 0.706. The number of rotatable bonds is 1. The zero-order chi connectivity index (χ0) is 10.8. The molecular weight excluding hydrogens is 188 g/mol. The highest BCUT2D eigenvalue weighted by Crippen LogP contribution is 2.23. The molecule has 1 N–H and O–H groups in total. The lowest BCUT2D eigenvalue weighted by molar-refractivity contribution is -0.135. The SMILES string of the molecule is CC1CCN(C(=O)C2CCNC(C)C2)C1. The highest BCUT2D eigenvalue weighted by atomic mass is 16.2. The number of carbonyl (C=O) groups excluding carboxylic acids is 1. The molecule has 0 saturated carbocycles. The van der Waals surface area contributed by atoms with Crippen LogP contribution in [0.5, 0.6) is 0 Å². The van der Waals surface area contributed by atoms with Crippen LogP contribution in [0.25, 0.3) is 0 Å². The van der Waals surface area contributed by atoms with Gasteiger partial charge in [0, 0.05) is 25.0 Å². The predicted molar refractivity (Wildman–Crippen MR) is 60.5 cm³/mol. The Morgan fingerprint density at radius 3 is 2.73 bits per heavy atom. The Bertz CT molecular complexity index is 242. The first-order valence-electron chi connectivity index (χ1n) is 6.19. The van der Waals surface area contributed by atoms with Crippen LogP contribution in [-0.4, -0.2) is 36.5 Å². The summed E-state index contributed by atoms with van der Waals surface area (Å²) < 4.78 is 0. The monoisotopic (exact) mass is 210 g/mol. The molecule has 2 fully saturated rings. The summed E-state index contributed by atoms with van der Waals surface area (Å²) in [5.74, 6) is 1.40. The second-order valence-electron chi connectivity index (χ2n) is 5.25. The molecule has 1 amide bonds. The molecule has 0 radical (unpaired) electrons. The average molecular weight is 210 g/mol. The van der Waals surface area contributed by atoms with E-state index < -0.39 is 0 Å². The van der Waals surface area contributed by atoms with Gasteiger partial charge in [-0.25, -0.2) is 0 Å². The molecule has 15 heavy (non-hydrogen) atoms. The zero-order valence-corrected chi connectivity index (χ0v) is 9.83. The van der Waals surface area contributed by atoms with Crippen molar-refractivity contribution in [1.82, 2.24) is 10.2 Å². The molecule has 0 spiro atoms. The van der Waals surface area contributed by atoms with Gasteiger partial charge in [-0.2, -0.15) is 0 Å². The summed E-state index contributed by atoms with van der Waals surface area (Å²) in [5.41, 5.74) is 0. The fraction of sp³-hybridized carbons (Fsp3) is 0.917. The summed E-state index contributed by atoms with van der Waals surface area (Å²) in [6.45, 7) is 7.38. The molecule has 3 heteroatoms. The normalized spacial score (nSPS) is 36.9. The van der Waals surface area contributed by atoms with Gasteiger partial charge in [-0.1, -0.05) is 6.92 Å². The van der Waals surface area contributed by atoms with Crippen molar-refractivity contribution in [2.75, 3.05) is 19.6 Å². The van der Waals surface area contributed by atoms with Crippen LogP contribution in [0.4, 0.5) is 0 Å². The number of hydrogen-bond donors (Lipinski definition) is 1. The van der Waals surface area contributed by atoms with Crippen molar-refractivity contribution in [1.29, 1.82) is 0 Å². The smallest absolute Gasteiger partial charge is 0.225 e. The Morgan fingerprint density at radius 1 is 1.33 bits per heavy atom. The van der Waals surface area contributed by atoms with Gasteiger partial charge in [-0.15, -0.1) is 0 Å². The summed E-state index contributed by atoms with van der Waals surface area (Å²) in [6, 6.07) is 0.507. The maximum Gasteiger partial charge on any atom is 0.225 e. The van der Waals surface area contributed by atoms with E-state index in [1.807, 2.05) is 0 Å². The Morgan fingerprint density at radius 2 is 2.13 bits per heavy atom. The topological polar surface area (TPSA) is 32.3 Å². The van der Waals surface area contributed by atoms with E-state index in [1.54, 1.807) is 0 Å². The molecule has 2 aliphatic rings. The van der Waals surface area contributed by atoms with E-state index in [1.165, 1.54) is 6.42 Å². The standard InChI is InChI=1S/C12H22N2O/c1-9-4-6-14(8-9)12(15)11-3-5-13-10(2)7-11/h9-11,13H,3-8H2,1-2H3. The summed E-state index contributed by atoms with van der Waals surface area (Å²) >= 11 is 0. The number of amides is 1. The van der Waals surface area contributed by atoms with Crippen molar-refractivity contribution in [3.63, 3.8) is 0 Å². The number of piperidine rings is 1. The molecule has 0 aromatic rings. The van der Waals surface area contributed by atoms with Gasteiger partial charge in [0.2, 0.25) is 5.91 Å². The third kappa shape index (κ3) is 2.51. The number of nitrogens with zero attached hydrogens (tertiary/aromatic N) is 1. The third-order valence-electron chi connectivity index (χ3n) is 3.71. The first kappa shape index (κ1) is 10.9.